The first-order chi connectivity index (χ1) is 10.6. The molecule has 0 atom stereocenters. The molecule has 1 aliphatic heterocycles. The molecular weight excluding hydrogens is 280 g/mol. The van der Waals surface area contributed by atoms with Gasteiger partial charge in [0.05, 0.1) is 17.6 Å². The SMILES string of the molecule is CC(=N)c1nc(N2CCC2=O)cc(NCc2cn[nH]c2)c1C. The van der Waals surface area contributed by atoms with Crippen LogP contribution < -0.4 is 10.2 Å². The van der Waals surface area contributed by atoms with E-state index in [1.54, 1.807) is 18.0 Å². The van der Waals surface area contributed by atoms with Crippen molar-refractivity contribution in [2.24, 2.45) is 0 Å². The molecule has 0 aromatic carbocycles. The van der Waals surface area contributed by atoms with Crippen LogP contribution in [0.2, 0.25) is 0 Å². The highest BCUT2D eigenvalue weighted by Gasteiger charge is 2.27. The third-order valence-electron chi connectivity index (χ3n) is 3.78. The topological polar surface area (TPSA) is 97.8 Å². The molecule has 0 aliphatic carbocycles. The van der Waals surface area contributed by atoms with E-state index in [0.717, 1.165) is 16.8 Å². The summed E-state index contributed by atoms with van der Waals surface area (Å²) < 4.78 is 0. The number of H-pyrrole nitrogens is 1. The van der Waals surface area contributed by atoms with Crippen molar-refractivity contribution >= 4 is 23.1 Å². The molecule has 7 nitrogen and oxygen atoms in total. The van der Waals surface area contributed by atoms with Crippen LogP contribution in [0.1, 0.15) is 30.2 Å². The van der Waals surface area contributed by atoms with Gasteiger partial charge >= 0.3 is 0 Å². The van der Waals surface area contributed by atoms with E-state index in [1.165, 1.54) is 0 Å². The van der Waals surface area contributed by atoms with Crippen LogP contribution in [0.5, 0.6) is 0 Å². The lowest BCUT2D eigenvalue weighted by Gasteiger charge is -2.30. The summed E-state index contributed by atoms with van der Waals surface area (Å²) in [5.41, 5.74) is 3.83. The maximum absolute atomic E-state index is 11.7. The Morgan fingerprint density at radius 2 is 2.36 bits per heavy atom. The van der Waals surface area contributed by atoms with Crippen molar-refractivity contribution in [3.05, 3.63) is 35.3 Å². The van der Waals surface area contributed by atoms with Crippen molar-refractivity contribution in [2.45, 2.75) is 26.8 Å². The van der Waals surface area contributed by atoms with Crippen molar-refractivity contribution in [1.29, 1.82) is 5.41 Å². The number of carbonyl (C=O) groups excluding carboxylic acids is 1. The van der Waals surface area contributed by atoms with Gasteiger partial charge in [0.2, 0.25) is 5.91 Å². The van der Waals surface area contributed by atoms with Crippen molar-refractivity contribution in [2.75, 3.05) is 16.8 Å². The van der Waals surface area contributed by atoms with Gasteiger partial charge < -0.3 is 10.7 Å². The Morgan fingerprint density at radius 3 is 2.91 bits per heavy atom. The van der Waals surface area contributed by atoms with E-state index in [2.05, 4.69) is 20.5 Å². The molecular formula is C15H18N6O. The number of hydrogen-bond donors (Lipinski definition) is 3. The predicted molar refractivity (Wildman–Crippen MR) is 84.4 cm³/mol. The first-order valence-electron chi connectivity index (χ1n) is 7.15. The summed E-state index contributed by atoms with van der Waals surface area (Å²) in [6.07, 6.45) is 4.14. The smallest absolute Gasteiger partial charge is 0.229 e. The molecule has 0 bridgehead atoms. The molecule has 1 amide bonds. The number of amides is 1. The quantitative estimate of drug-likeness (QED) is 0.579. The van der Waals surface area contributed by atoms with Crippen LogP contribution in [0.25, 0.3) is 0 Å². The van der Waals surface area contributed by atoms with Crippen molar-refractivity contribution < 1.29 is 4.79 Å². The van der Waals surface area contributed by atoms with Crippen LogP contribution in [-0.4, -0.2) is 33.3 Å². The minimum Gasteiger partial charge on any atom is -0.380 e. The monoisotopic (exact) mass is 298 g/mol. The Hall–Kier alpha value is -2.70. The van der Waals surface area contributed by atoms with E-state index >= 15 is 0 Å². The maximum atomic E-state index is 11.7. The van der Waals surface area contributed by atoms with Crippen LogP contribution in [0.4, 0.5) is 11.5 Å². The molecule has 3 heterocycles. The van der Waals surface area contributed by atoms with E-state index in [9.17, 15) is 4.79 Å². The molecule has 0 saturated carbocycles. The lowest BCUT2D eigenvalue weighted by Crippen LogP contribution is -2.44. The normalized spacial score (nSPS) is 13.9. The molecule has 7 heteroatoms. The second-order valence-electron chi connectivity index (χ2n) is 5.38. The molecule has 2 aromatic heterocycles. The minimum absolute atomic E-state index is 0.0747. The van der Waals surface area contributed by atoms with E-state index in [-0.39, 0.29) is 5.91 Å². The van der Waals surface area contributed by atoms with Gasteiger partial charge in [0.1, 0.15) is 5.82 Å². The third kappa shape index (κ3) is 2.57. The molecule has 3 rings (SSSR count). The maximum Gasteiger partial charge on any atom is 0.229 e. The van der Waals surface area contributed by atoms with E-state index < -0.39 is 0 Å². The number of anilines is 2. The molecule has 0 radical (unpaired) electrons. The zero-order valence-electron chi connectivity index (χ0n) is 12.6. The van der Waals surface area contributed by atoms with E-state index in [0.29, 0.717) is 36.7 Å². The Bertz CT molecular complexity index is 722. The van der Waals surface area contributed by atoms with E-state index in [1.807, 2.05) is 19.2 Å². The fraction of sp³-hybridized carbons (Fsp3) is 0.333. The molecule has 1 fully saturated rings. The van der Waals surface area contributed by atoms with Crippen molar-refractivity contribution in [3.8, 4) is 0 Å². The van der Waals surface area contributed by atoms with Gasteiger partial charge in [-0.2, -0.15) is 5.10 Å². The van der Waals surface area contributed by atoms with Gasteiger partial charge in [-0.25, -0.2) is 4.98 Å². The summed E-state index contributed by atoms with van der Waals surface area (Å²) in [7, 11) is 0. The predicted octanol–water partition coefficient (Wildman–Crippen LogP) is 1.85. The Balaban J connectivity index is 1.92. The fourth-order valence-corrected chi connectivity index (χ4v) is 2.41. The number of aromatic nitrogens is 3. The fourth-order valence-electron chi connectivity index (χ4n) is 2.41. The summed E-state index contributed by atoms with van der Waals surface area (Å²) in [6.45, 7) is 4.94. The lowest BCUT2D eigenvalue weighted by atomic mass is 10.1. The molecule has 3 N–H and O–H groups in total. The molecule has 2 aromatic rings. The number of pyridine rings is 1. The Labute approximate surface area is 128 Å². The van der Waals surface area contributed by atoms with Crippen molar-refractivity contribution in [1.82, 2.24) is 15.2 Å². The molecule has 114 valence electrons. The Kier molecular flexibility index (Phi) is 3.62. The highest BCUT2D eigenvalue weighted by Crippen LogP contribution is 2.28. The first kappa shape index (κ1) is 14.2. The van der Waals surface area contributed by atoms with Gasteiger partial charge in [-0.15, -0.1) is 0 Å². The van der Waals surface area contributed by atoms with Crippen molar-refractivity contribution in [3.63, 3.8) is 0 Å². The molecule has 1 aliphatic rings. The standard InChI is InChI=1S/C15H18N6O/c1-9-12(17-6-11-7-18-19-8-11)5-13(20-15(9)10(2)16)21-4-3-14(21)22/h5,7-8,16H,3-4,6H2,1-2H3,(H,17,20)(H,18,19). The number of hydrogen-bond acceptors (Lipinski definition) is 5. The molecule has 22 heavy (non-hydrogen) atoms. The second-order valence-corrected chi connectivity index (χ2v) is 5.38. The average Bonchev–Trinajstić information content (AvgIpc) is 2.98. The summed E-state index contributed by atoms with van der Waals surface area (Å²) in [5, 5.41) is 17.9. The molecule has 1 saturated heterocycles. The number of nitrogens with zero attached hydrogens (tertiary/aromatic N) is 3. The minimum atomic E-state index is 0.0747. The van der Waals surface area contributed by atoms with Gasteiger partial charge in [-0.05, 0) is 19.4 Å². The molecule has 0 spiro atoms. The van der Waals surface area contributed by atoms with Gasteiger partial charge in [-0.1, -0.05) is 0 Å². The highest BCUT2D eigenvalue weighted by atomic mass is 16.2. The summed E-state index contributed by atoms with van der Waals surface area (Å²) in [6, 6.07) is 1.87. The number of carbonyl (C=O) groups is 1. The van der Waals surface area contributed by atoms with Crippen LogP contribution in [-0.2, 0) is 11.3 Å². The second kappa shape index (κ2) is 5.59. The van der Waals surface area contributed by atoms with Crippen LogP contribution >= 0.6 is 0 Å². The highest BCUT2D eigenvalue weighted by molar-refractivity contribution is 6.01. The summed E-state index contributed by atoms with van der Waals surface area (Å²) in [4.78, 5) is 17.8. The average molecular weight is 298 g/mol. The lowest BCUT2D eigenvalue weighted by molar-refractivity contribution is -0.122. The van der Waals surface area contributed by atoms with Crippen LogP contribution in [0, 0.1) is 12.3 Å². The number of aromatic amines is 1. The summed E-state index contributed by atoms with van der Waals surface area (Å²) >= 11 is 0. The number of β-lactam (4-membered cyclic amide) rings is 1. The van der Waals surface area contributed by atoms with Gasteiger partial charge in [-0.3, -0.25) is 14.8 Å². The summed E-state index contributed by atoms with van der Waals surface area (Å²) in [5.74, 6) is 0.684. The van der Waals surface area contributed by atoms with Gasteiger partial charge in [0.25, 0.3) is 0 Å². The van der Waals surface area contributed by atoms with Gasteiger partial charge in [0, 0.05) is 43.0 Å². The largest absolute Gasteiger partial charge is 0.380 e. The number of nitrogens with one attached hydrogen (secondary N) is 3. The third-order valence-corrected chi connectivity index (χ3v) is 3.78. The Morgan fingerprint density at radius 1 is 1.55 bits per heavy atom. The van der Waals surface area contributed by atoms with E-state index in [4.69, 9.17) is 5.41 Å². The zero-order chi connectivity index (χ0) is 15.7. The zero-order valence-corrected chi connectivity index (χ0v) is 12.6. The number of rotatable bonds is 5. The molecule has 0 unspecified atom stereocenters. The van der Waals surface area contributed by atoms with Gasteiger partial charge in [0.15, 0.2) is 0 Å². The first-order valence-corrected chi connectivity index (χ1v) is 7.15. The van der Waals surface area contributed by atoms with Crippen LogP contribution in [0.15, 0.2) is 18.5 Å². The van der Waals surface area contributed by atoms with Crippen LogP contribution in [0.3, 0.4) is 0 Å².